The Morgan fingerprint density at radius 1 is 1.35 bits per heavy atom. The molecule has 0 bridgehead atoms. The third-order valence-corrected chi connectivity index (χ3v) is 4.61. The van der Waals surface area contributed by atoms with Gasteiger partial charge in [0.05, 0.1) is 6.04 Å². The van der Waals surface area contributed by atoms with Crippen LogP contribution in [-0.2, 0) is 10.2 Å². The lowest BCUT2D eigenvalue weighted by Gasteiger charge is -2.42. The van der Waals surface area contributed by atoms with Crippen LogP contribution < -0.4 is 11.1 Å². The summed E-state index contributed by atoms with van der Waals surface area (Å²) < 4.78 is 0. The van der Waals surface area contributed by atoms with E-state index in [4.69, 9.17) is 5.73 Å². The summed E-state index contributed by atoms with van der Waals surface area (Å²) in [7, 11) is 1.82. The minimum absolute atomic E-state index is 0.0287. The van der Waals surface area contributed by atoms with E-state index in [0.717, 1.165) is 25.9 Å². The van der Waals surface area contributed by atoms with E-state index in [-0.39, 0.29) is 17.4 Å². The Morgan fingerprint density at radius 3 is 2.45 bits per heavy atom. The van der Waals surface area contributed by atoms with Crippen LogP contribution in [0.15, 0.2) is 30.3 Å². The van der Waals surface area contributed by atoms with Gasteiger partial charge in [0.2, 0.25) is 5.91 Å². The number of nitrogens with one attached hydrogen (secondary N) is 1. The highest BCUT2D eigenvalue weighted by Crippen LogP contribution is 2.34. The maximum atomic E-state index is 12.2. The zero-order valence-electron chi connectivity index (χ0n) is 12.4. The first-order valence-corrected chi connectivity index (χ1v) is 7.34. The minimum Gasteiger partial charge on any atom is -0.341 e. The molecule has 3 N–H and O–H groups in total. The number of benzene rings is 1. The molecule has 0 spiro atoms. The molecule has 2 rings (SSSR count). The zero-order valence-corrected chi connectivity index (χ0v) is 12.4. The van der Waals surface area contributed by atoms with Crippen molar-refractivity contribution in [1.29, 1.82) is 0 Å². The summed E-state index contributed by atoms with van der Waals surface area (Å²) in [4.78, 5) is 14.2. The highest BCUT2D eigenvalue weighted by atomic mass is 16.2. The van der Waals surface area contributed by atoms with E-state index in [0.29, 0.717) is 6.54 Å². The number of likely N-dealkylation sites (tertiary alicyclic amines) is 1. The SMILES string of the molecule is CN[C@@H](C)C(=O)N1CCC(CN)(c2ccccc2)CC1. The molecule has 4 nitrogen and oxygen atoms in total. The number of amides is 1. The van der Waals surface area contributed by atoms with E-state index >= 15 is 0 Å². The Kier molecular flexibility index (Phi) is 4.78. The third-order valence-electron chi connectivity index (χ3n) is 4.61. The molecule has 1 aliphatic heterocycles. The molecule has 4 heteroatoms. The van der Waals surface area contributed by atoms with Crippen LogP contribution in [-0.4, -0.2) is 43.5 Å². The highest BCUT2D eigenvalue weighted by molar-refractivity contribution is 5.81. The second-order valence-electron chi connectivity index (χ2n) is 5.69. The maximum absolute atomic E-state index is 12.2. The van der Waals surface area contributed by atoms with Crippen LogP contribution in [0.3, 0.4) is 0 Å². The predicted octanol–water partition coefficient (Wildman–Crippen LogP) is 1.11. The van der Waals surface area contributed by atoms with Crippen LogP contribution >= 0.6 is 0 Å². The van der Waals surface area contributed by atoms with Crippen molar-refractivity contribution in [2.45, 2.75) is 31.2 Å². The fourth-order valence-electron chi connectivity index (χ4n) is 2.95. The van der Waals surface area contributed by atoms with Crippen molar-refractivity contribution in [3.05, 3.63) is 35.9 Å². The van der Waals surface area contributed by atoms with Crippen molar-refractivity contribution >= 4 is 5.91 Å². The van der Waals surface area contributed by atoms with Crippen LogP contribution in [0.5, 0.6) is 0 Å². The lowest BCUT2D eigenvalue weighted by atomic mass is 9.73. The molecule has 1 saturated heterocycles. The van der Waals surface area contributed by atoms with Gasteiger partial charge in [0.1, 0.15) is 0 Å². The van der Waals surface area contributed by atoms with E-state index in [9.17, 15) is 4.79 Å². The van der Waals surface area contributed by atoms with E-state index in [1.807, 2.05) is 24.9 Å². The third kappa shape index (κ3) is 2.86. The van der Waals surface area contributed by atoms with E-state index < -0.39 is 0 Å². The van der Waals surface area contributed by atoms with E-state index in [1.54, 1.807) is 0 Å². The smallest absolute Gasteiger partial charge is 0.239 e. The molecule has 1 aromatic carbocycles. The average Bonchev–Trinajstić information content (AvgIpc) is 2.54. The first-order valence-electron chi connectivity index (χ1n) is 7.34. The normalized spacial score (nSPS) is 19.6. The van der Waals surface area contributed by atoms with Crippen molar-refractivity contribution in [2.75, 3.05) is 26.7 Å². The van der Waals surface area contributed by atoms with Crippen molar-refractivity contribution in [1.82, 2.24) is 10.2 Å². The van der Waals surface area contributed by atoms with Crippen LogP contribution in [0.4, 0.5) is 0 Å². The van der Waals surface area contributed by atoms with Gasteiger partial charge in [-0.3, -0.25) is 4.79 Å². The molecule has 1 fully saturated rings. The number of nitrogens with two attached hydrogens (primary N) is 1. The van der Waals surface area contributed by atoms with Crippen molar-refractivity contribution in [3.8, 4) is 0 Å². The van der Waals surface area contributed by atoms with Crippen molar-refractivity contribution in [2.24, 2.45) is 5.73 Å². The number of carbonyl (C=O) groups is 1. The molecule has 0 saturated carbocycles. The number of rotatable bonds is 4. The first kappa shape index (κ1) is 15.0. The van der Waals surface area contributed by atoms with Gasteiger partial charge in [0.15, 0.2) is 0 Å². The van der Waals surface area contributed by atoms with Gasteiger partial charge in [-0.05, 0) is 32.4 Å². The second kappa shape index (κ2) is 6.37. The molecule has 0 unspecified atom stereocenters. The van der Waals surface area contributed by atoms with E-state index in [1.165, 1.54) is 5.56 Å². The quantitative estimate of drug-likeness (QED) is 0.865. The maximum Gasteiger partial charge on any atom is 0.239 e. The standard InChI is InChI=1S/C16H25N3O/c1-13(18-2)15(20)19-10-8-16(12-17,9-11-19)14-6-4-3-5-7-14/h3-7,13,18H,8-12,17H2,1-2H3/t13-/m0/s1. The Balaban J connectivity index is 2.07. The highest BCUT2D eigenvalue weighted by Gasteiger charge is 2.36. The number of hydrogen-bond acceptors (Lipinski definition) is 3. The van der Waals surface area contributed by atoms with Crippen LogP contribution in [0.1, 0.15) is 25.3 Å². The summed E-state index contributed by atoms with van der Waals surface area (Å²) in [5.74, 6) is 0.186. The summed E-state index contributed by atoms with van der Waals surface area (Å²) in [6.07, 6.45) is 1.88. The lowest BCUT2D eigenvalue weighted by molar-refractivity contribution is -0.134. The monoisotopic (exact) mass is 275 g/mol. The summed E-state index contributed by atoms with van der Waals surface area (Å²) in [6, 6.07) is 10.3. The van der Waals surface area contributed by atoms with Gasteiger partial charge < -0.3 is 16.0 Å². The molecule has 1 heterocycles. The summed E-state index contributed by atoms with van der Waals surface area (Å²) >= 11 is 0. The molecule has 1 aliphatic rings. The van der Waals surface area contributed by atoms with Gasteiger partial charge >= 0.3 is 0 Å². The Bertz CT molecular complexity index is 438. The molecule has 0 aliphatic carbocycles. The Hall–Kier alpha value is -1.39. The molecular formula is C16H25N3O. The molecule has 20 heavy (non-hydrogen) atoms. The van der Waals surface area contributed by atoms with Gasteiger partial charge in [0.25, 0.3) is 0 Å². The predicted molar refractivity (Wildman–Crippen MR) is 81.5 cm³/mol. The number of hydrogen-bond donors (Lipinski definition) is 2. The van der Waals surface area contributed by atoms with Crippen molar-refractivity contribution in [3.63, 3.8) is 0 Å². The van der Waals surface area contributed by atoms with Crippen LogP contribution in [0.2, 0.25) is 0 Å². The van der Waals surface area contributed by atoms with Gasteiger partial charge in [0, 0.05) is 25.0 Å². The topological polar surface area (TPSA) is 58.4 Å². The van der Waals surface area contributed by atoms with E-state index in [2.05, 4.69) is 29.6 Å². The summed E-state index contributed by atoms with van der Waals surface area (Å²) in [6.45, 7) is 4.12. The number of piperidine rings is 1. The largest absolute Gasteiger partial charge is 0.341 e. The molecule has 110 valence electrons. The van der Waals surface area contributed by atoms with Crippen LogP contribution in [0.25, 0.3) is 0 Å². The summed E-state index contributed by atoms with van der Waals surface area (Å²) in [5, 5.41) is 3.01. The first-order chi connectivity index (χ1) is 9.63. The van der Waals surface area contributed by atoms with Gasteiger partial charge in [-0.2, -0.15) is 0 Å². The van der Waals surface area contributed by atoms with Crippen LogP contribution in [0, 0.1) is 0 Å². The minimum atomic E-state index is -0.114. The Morgan fingerprint density at radius 2 is 1.95 bits per heavy atom. The number of likely N-dealkylation sites (N-methyl/N-ethyl adjacent to an activating group) is 1. The van der Waals surface area contributed by atoms with Crippen molar-refractivity contribution < 1.29 is 4.79 Å². The molecular weight excluding hydrogens is 250 g/mol. The lowest BCUT2D eigenvalue weighted by Crippen LogP contribution is -2.52. The fourth-order valence-corrected chi connectivity index (χ4v) is 2.95. The van der Waals surface area contributed by atoms with Gasteiger partial charge in [-0.25, -0.2) is 0 Å². The molecule has 0 radical (unpaired) electrons. The summed E-state index contributed by atoms with van der Waals surface area (Å²) in [5.41, 5.74) is 7.39. The molecule has 1 aromatic rings. The number of carbonyl (C=O) groups excluding carboxylic acids is 1. The average molecular weight is 275 g/mol. The molecule has 1 atom stereocenters. The zero-order chi connectivity index (χ0) is 14.6. The fraction of sp³-hybridized carbons (Fsp3) is 0.562. The van der Waals surface area contributed by atoms with Gasteiger partial charge in [-0.1, -0.05) is 30.3 Å². The number of nitrogens with zero attached hydrogens (tertiary/aromatic N) is 1. The Labute approximate surface area is 121 Å². The molecule has 0 aromatic heterocycles. The molecule has 1 amide bonds. The second-order valence-corrected chi connectivity index (χ2v) is 5.69. The van der Waals surface area contributed by atoms with Gasteiger partial charge in [-0.15, -0.1) is 0 Å².